The van der Waals surface area contributed by atoms with Gasteiger partial charge in [-0.25, -0.2) is 4.98 Å². The third-order valence-electron chi connectivity index (χ3n) is 9.57. The molecule has 0 amide bonds. The Morgan fingerprint density at radius 1 is 0.549 bits per heavy atom. The maximum Gasteiger partial charge on any atom is 0.206 e. The number of nitrogens with zero attached hydrogens (tertiary/aromatic N) is 2. The van der Waals surface area contributed by atoms with Crippen LogP contribution in [0.5, 0.6) is 11.5 Å². The van der Waals surface area contributed by atoms with Crippen LogP contribution in [0.15, 0.2) is 158 Å². The first kappa shape index (κ1) is 37.4. The Labute approximate surface area is 307 Å². The van der Waals surface area contributed by atoms with Crippen LogP contribution in [0.2, 0.25) is 6.82 Å². The third kappa shape index (κ3) is 10.6. The molecule has 5 aromatic carbocycles. The lowest BCUT2D eigenvalue weighted by molar-refractivity contribution is 0.306. The number of rotatable bonds is 17. The van der Waals surface area contributed by atoms with E-state index in [4.69, 9.17) is 9.47 Å². The summed E-state index contributed by atoms with van der Waals surface area (Å²) < 4.78 is 14.3. The number of hydrogen-bond acceptors (Lipinski definition) is 3. The Kier molecular flexibility index (Phi) is 14.8. The van der Waals surface area contributed by atoms with E-state index in [1.807, 2.05) is 12.5 Å². The van der Waals surface area contributed by atoms with Crippen molar-refractivity contribution < 1.29 is 9.47 Å². The maximum atomic E-state index is 6.05. The monoisotopic (exact) mass is 692 g/mol. The SMILES string of the molecule is CB(c1ccccc1)c1ccccc1.CCCCCOc1ccc([Si](Cn2ccnc2)(c2ccccc2)c2ccc(OCCCCC)cc2)cc1. The number of ether oxygens (including phenoxy) is 2. The van der Waals surface area contributed by atoms with E-state index in [2.05, 4.69) is 176 Å². The second kappa shape index (κ2) is 20.1. The van der Waals surface area contributed by atoms with E-state index in [0.29, 0.717) is 6.71 Å². The molecule has 51 heavy (non-hydrogen) atoms. The molecule has 6 rings (SSSR count). The zero-order chi connectivity index (χ0) is 35.6. The summed E-state index contributed by atoms with van der Waals surface area (Å²) in [6.07, 6.45) is 13.7. The molecule has 0 unspecified atom stereocenters. The zero-order valence-corrected chi connectivity index (χ0v) is 31.7. The third-order valence-corrected chi connectivity index (χ3v) is 14.4. The number of aromatic nitrogens is 2. The van der Waals surface area contributed by atoms with E-state index >= 15 is 0 Å². The van der Waals surface area contributed by atoms with Crippen molar-refractivity contribution in [1.29, 1.82) is 0 Å². The lowest BCUT2D eigenvalue weighted by Crippen LogP contribution is -2.69. The van der Waals surface area contributed by atoms with Gasteiger partial charge in [0, 0.05) is 18.6 Å². The predicted molar refractivity (Wildman–Crippen MR) is 220 cm³/mol. The van der Waals surface area contributed by atoms with Crippen LogP contribution in [-0.4, -0.2) is 37.6 Å². The minimum absolute atomic E-state index is 0.484. The van der Waals surface area contributed by atoms with Gasteiger partial charge in [0.25, 0.3) is 0 Å². The number of hydrogen-bond donors (Lipinski definition) is 0. The fourth-order valence-electron chi connectivity index (χ4n) is 6.58. The van der Waals surface area contributed by atoms with Gasteiger partial charge in [0.05, 0.1) is 19.5 Å². The van der Waals surface area contributed by atoms with Gasteiger partial charge >= 0.3 is 0 Å². The zero-order valence-electron chi connectivity index (χ0n) is 30.7. The second-order valence-electron chi connectivity index (χ2n) is 13.2. The molecule has 0 saturated heterocycles. The quantitative estimate of drug-likeness (QED) is 0.0560. The molecule has 0 N–H and O–H groups in total. The smallest absolute Gasteiger partial charge is 0.206 e. The summed E-state index contributed by atoms with van der Waals surface area (Å²) in [5.74, 6) is 1.88. The van der Waals surface area contributed by atoms with Crippen molar-refractivity contribution in [2.24, 2.45) is 0 Å². The molecule has 0 aliphatic rings. The van der Waals surface area contributed by atoms with E-state index in [1.54, 1.807) is 0 Å². The average Bonchev–Trinajstić information content (AvgIpc) is 3.72. The van der Waals surface area contributed by atoms with Crippen molar-refractivity contribution in [3.8, 4) is 11.5 Å². The average molecular weight is 693 g/mol. The van der Waals surface area contributed by atoms with Crippen molar-refractivity contribution in [1.82, 2.24) is 9.55 Å². The van der Waals surface area contributed by atoms with Gasteiger partial charge in [-0.3, -0.25) is 0 Å². The first-order chi connectivity index (χ1) is 25.1. The highest BCUT2D eigenvalue weighted by atomic mass is 28.3. The molecule has 262 valence electrons. The Morgan fingerprint density at radius 2 is 0.980 bits per heavy atom. The highest BCUT2D eigenvalue weighted by Gasteiger charge is 2.40. The Morgan fingerprint density at radius 3 is 1.39 bits per heavy atom. The molecule has 6 heteroatoms. The van der Waals surface area contributed by atoms with Crippen LogP contribution in [0.25, 0.3) is 0 Å². The lowest BCUT2D eigenvalue weighted by Gasteiger charge is -2.34. The van der Waals surface area contributed by atoms with Gasteiger partial charge < -0.3 is 14.0 Å². The Balaban J connectivity index is 0.000000299. The number of unbranched alkanes of at least 4 members (excludes halogenated alkanes) is 4. The van der Waals surface area contributed by atoms with Crippen molar-refractivity contribution >= 4 is 41.3 Å². The van der Waals surface area contributed by atoms with E-state index in [1.165, 1.54) is 52.2 Å². The van der Waals surface area contributed by atoms with Crippen molar-refractivity contribution in [2.45, 2.75) is 65.4 Å². The molecule has 1 aromatic heterocycles. The van der Waals surface area contributed by atoms with E-state index in [-0.39, 0.29) is 0 Å². The Bertz CT molecular complexity index is 1690. The van der Waals surface area contributed by atoms with Gasteiger partial charge in [-0.2, -0.15) is 0 Å². The van der Waals surface area contributed by atoms with Crippen LogP contribution in [0.4, 0.5) is 0 Å². The van der Waals surface area contributed by atoms with Crippen LogP contribution in [0.3, 0.4) is 0 Å². The normalized spacial score (nSPS) is 11.0. The summed E-state index contributed by atoms with van der Waals surface area (Å²) in [4.78, 5) is 4.36. The van der Waals surface area contributed by atoms with Crippen LogP contribution in [0.1, 0.15) is 52.4 Å². The van der Waals surface area contributed by atoms with Gasteiger partial charge in [-0.15, -0.1) is 0 Å². The summed E-state index contributed by atoms with van der Waals surface area (Å²) in [7, 11) is -2.45. The van der Waals surface area contributed by atoms with Crippen molar-refractivity contribution in [3.05, 3.63) is 158 Å². The van der Waals surface area contributed by atoms with Crippen LogP contribution < -0.4 is 36.0 Å². The lowest BCUT2D eigenvalue weighted by atomic mass is 9.43. The molecule has 0 spiro atoms. The number of benzene rings is 5. The van der Waals surface area contributed by atoms with E-state index in [9.17, 15) is 0 Å². The summed E-state index contributed by atoms with van der Waals surface area (Å²) in [6, 6.07) is 49.9. The standard InChI is InChI=1S/C32H40N2O2Si.C13H13B/c1-3-5-10-24-35-28-14-18-31(19-15-28)37(27-34-23-22-33-26-34,30-12-8-7-9-13-30)32-20-16-29(17-21-32)36-25-11-6-4-2;1-14(12-8-4-2-5-9-12)13-10-6-3-7-11-13/h7-9,12-23,26H,3-6,10-11,24-25,27H2,1-2H3;2-11H,1H3. The minimum atomic E-state index is -2.45. The molecule has 4 nitrogen and oxygen atoms in total. The first-order valence-corrected chi connectivity index (χ1v) is 20.9. The molecular weight excluding hydrogens is 639 g/mol. The van der Waals surface area contributed by atoms with Gasteiger partial charge in [-0.05, 0) is 52.7 Å². The molecule has 0 aliphatic heterocycles. The molecule has 0 atom stereocenters. The molecule has 0 aliphatic carbocycles. The minimum Gasteiger partial charge on any atom is -0.494 e. The van der Waals surface area contributed by atoms with Crippen molar-refractivity contribution in [3.63, 3.8) is 0 Å². The van der Waals surface area contributed by atoms with Crippen LogP contribution in [0, 0.1) is 0 Å². The molecule has 0 fully saturated rings. The largest absolute Gasteiger partial charge is 0.494 e. The summed E-state index contributed by atoms with van der Waals surface area (Å²) in [5.41, 5.74) is 2.75. The molecule has 0 bridgehead atoms. The molecule has 0 saturated carbocycles. The first-order valence-electron chi connectivity index (χ1n) is 18.7. The van der Waals surface area contributed by atoms with Crippen LogP contribution in [-0.2, 0) is 6.17 Å². The van der Waals surface area contributed by atoms with E-state index < -0.39 is 8.07 Å². The molecular formula is C45H53BN2O2Si. The van der Waals surface area contributed by atoms with Gasteiger partial charge in [0.2, 0.25) is 6.71 Å². The molecule has 6 aromatic rings. The summed E-state index contributed by atoms with van der Waals surface area (Å²) >= 11 is 0. The second-order valence-corrected chi connectivity index (χ2v) is 17.1. The topological polar surface area (TPSA) is 36.3 Å². The Hall–Kier alpha value is -4.81. The van der Waals surface area contributed by atoms with Crippen LogP contribution >= 0.6 is 0 Å². The van der Waals surface area contributed by atoms with Gasteiger partial charge in [0.15, 0.2) is 8.07 Å². The summed E-state index contributed by atoms with van der Waals surface area (Å²) in [5, 5.41) is 4.08. The van der Waals surface area contributed by atoms with Gasteiger partial charge in [0.1, 0.15) is 11.5 Å². The maximum absolute atomic E-state index is 6.05. The molecule has 1 heterocycles. The highest BCUT2D eigenvalue weighted by Crippen LogP contribution is 2.17. The predicted octanol–water partition coefficient (Wildman–Crippen LogP) is 7.66. The van der Waals surface area contributed by atoms with Gasteiger partial charge in [-0.1, -0.05) is 173 Å². The summed E-state index contributed by atoms with van der Waals surface area (Å²) in [6.45, 7) is 8.69. The fraction of sp³-hybridized carbons (Fsp3) is 0.267. The van der Waals surface area contributed by atoms with E-state index in [0.717, 1.165) is 43.7 Å². The number of imidazole rings is 1. The molecule has 0 radical (unpaired) electrons. The highest BCUT2D eigenvalue weighted by molar-refractivity contribution is 7.10. The fourth-order valence-corrected chi connectivity index (χ4v) is 11.1. The van der Waals surface area contributed by atoms with Crippen molar-refractivity contribution in [2.75, 3.05) is 13.2 Å².